The molecule has 1 saturated carbocycles. The van der Waals surface area contributed by atoms with Gasteiger partial charge in [0, 0.05) is 13.6 Å². The molecule has 0 radical (unpaired) electrons. The topological polar surface area (TPSA) is 93.1 Å². The fourth-order valence-electron chi connectivity index (χ4n) is 3.15. The third-order valence-corrected chi connectivity index (χ3v) is 4.18. The van der Waals surface area contributed by atoms with Gasteiger partial charge >= 0.3 is 0 Å². The number of fused-ring (bicyclic) bond motifs is 1. The van der Waals surface area contributed by atoms with Gasteiger partial charge in [-0.2, -0.15) is 5.10 Å². The van der Waals surface area contributed by atoms with Crippen molar-refractivity contribution in [1.29, 1.82) is 0 Å². The van der Waals surface area contributed by atoms with E-state index in [-0.39, 0.29) is 0 Å². The summed E-state index contributed by atoms with van der Waals surface area (Å²) >= 11 is 0. The van der Waals surface area contributed by atoms with E-state index in [1.807, 2.05) is 14.1 Å². The third-order valence-electron chi connectivity index (χ3n) is 4.18. The van der Waals surface area contributed by atoms with E-state index >= 15 is 0 Å². The van der Waals surface area contributed by atoms with Gasteiger partial charge in [-0.1, -0.05) is 12.8 Å². The first-order valence-corrected chi connectivity index (χ1v) is 7.32. The highest BCUT2D eigenvalue weighted by Crippen LogP contribution is 2.30. The molecule has 1 aliphatic carbocycles. The zero-order valence-corrected chi connectivity index (χ0v) is 12.6. The van der Waals surface area contributed by atoms with Crippen molar-refractivity contribution >= 4 is 16.9 Å². The van der Waals surface area contributed by atoms with Crippen LogP contribution in [-0.4, -0.2) is 48.9 Å². The van der Waals surface area contributed by atoms with Crippen molar-refractivity contribution in [1.82, 2.24) is 24.6 Å². The van der Waals surface area contributed by atoms with Crippen LogP contribution >= 0.6 is 0 Å². The Hall–Kier alpha value is -1.73. The highest BCUT2D eigenvalue weighted by atomic mass is 16.3. The molecule has 21 heavy (non-hydrogen) atoms. The number of nitrogens with two attached hydrogens (primary N) is 1. The van der Waals surface area contributed by atoms with Crippen LogP contribution in [0.25, 0.3) is 11.0 Å². The molecule has 3 rings (SSSR count). The van der Waals surface area contributed by atoms with E-state index in [2.05, 4.69) is 20.0 Å². The monoisotopic (exact) mass is 290 g/mol. The van der Waals surface area contributed by atoms with E-state index in [1.165, 1.54) is 0 Å². The van der Waals surface area contributed by atoms with Crippen LogP contribution in [-0.2, 0) is 13.6 Å². The number of anilines is 1. The number of aliphatic hydroxyl groups is 1. The number of rotatable bonds is 4. The van der Waals surface area contributed by atoms with E-state index < -0.39 is 5.60 Å². The molecule has 2 heterocycles. The van der Waals surface area contributed by atoms with Gasteiger partial charge in [-0.3, -0.25) is 9.58 Å². The van der Waals surface area contributed by atoms with Crippen molar-refractivity contribution < 1.29 is 5.11 Å². The van der Waals surface area contributed by atoms with E-state index in [4.69, 9.17) is 5.73 Å². The van der Waals surface area contributed by atoms with Crippen LogP contribution in [0.5, 0.6) is 0 Å². The van der Waals surface area contributed by atoms with Crippen LogP contribution in [0.3, 0.4) is 0 Å². The summed E-state index contributed by atoms with van der Waals surface area (Å²) in [5.74, 6) is 1.11. The molecule has 0 aliphatic heterocycles. The Balaban J connectivity index is 1.76. The lowest BCUT2D eigenvalue weighted by Gasteiger charge is -2.28. The first-order valence-electron chi connectivity index (χ1n) is 7.32. The van der Waals surface area contributed by atoms with Crippen molar-refractivity contribution in [2.24, 2.45) is 7.05 Å². The maximum Gasteiger partial charge on any atom is 0.163 e. The van der Waals surface area contributed by atoms with E-state index in [0.29, 0.717) is 24.7 Å². The minimum absolute atomic E-state index is 0.455. The van der Waals surface area contributed by atoms with Gasteiger partial charge < -0.3 is 10.8 Å². The lowest BCUT2D eigenvalue weighted by atomic mass is 10.0. The lowest BCUT2D eigenvalue weighted by molar-refractivity contribution is 0.0140. The van der Waals surface area contributed by atoms with Crippen LogP contribution in [0.2, 0.25) is 0 Å². The van der Waals surface area contributed by atoms with Crippen LogP contribution in [0, 0.1) is 0 Å². The first kappa shape index (κ1) is 14.2. The number of aryl methyl sites for hydroxylation is 1. The second-order valence-electron chi connectivity index (χ2n) is 6.13. The molecule has 0 saturated heterocycles. The molecule has 0 spiro atoms. The Morgan fingerprint density at radius 3 is 2.81 bits per heavy atom. The highest BCUT2D eigenvalue weighted by Gasteiger charge is 2.32. The van der Waals surface area contributed by atoms with E-state index in [9.17, 15) is 5.11 Å². The summed E-state index contributed by atoms with van der Waals surface area (Å²) in [6.45, 7) is 1.20. The van der Waals surface area contributed by atoms with Crippen LogP contribution in [0.15, 0.2) is 6.20 Å². The van der Waals surface area contributed by atoms with Crippen LogP contribution < -0.4 is 5.73 Å². The largest absolute Gasteiger partial charge is 0.389 e. The fourth-order valence-corrected chi connectivity index (χ4v) is 3.15. The molecular formula is C14H22N6O. The molecule has 0 aromatic carbocycles. The van der Waals surface area contributed by atoms with Crippen LogP contribution in [0.1, 0.15) is 31.5 Å². The maximum atomic E-state index is 10.5. The smallest absolute Gasteiger partial charge is 0.163 e. The Labute approximate surface area is 123 Å². The summed E-state index contributed by atoms with van der Waals surface area (Å²) in [4.78, 5) is 10.9. The molecule has 3 N–H and O–H groups in total. The third kappa shape index (κ3) is 2.84. The molecule has 0 atom stereocenters. The van der Waals surface area contributed by atoms with Crippen molar-refractivity contribution in [3.05, 3.63) is 12.0 Å². The average Bonchev–Trinajstić information content (AvgIpc) is 2.97. The molecule has 114 valence electrons. The quantitative estimate of drug-likeness (QED) is 0.860. The summed E-state index contributed by atoms with van der Waals surface area (Å²) in [6, 6.07) is 0. The van der Waals surface area contributed by atoms with Gasteiger partial charge in [-0.25, -0.2) is 9.97 Å². The van der Waals surface area contributed by atoms with Gasteiger partial charge in [0.2, 0.25) is 0 Å². The highest BCUT2D eigenvalue weighted by molar-refractivity contribution is 5.84. The number of hydrogen-bond donors (Lipinski definition) is 2. The van der Waals surface area contributed by atoms with Crippen molar-refractivity contribution in [2.45, 2.75) is 37.8 Å². The van der Waals surface area contributed by atoms with Gasteiger partial charge in [-0.05, 0) is 19.9 Å². The molecule has 0 bridgehead atoms. The van der Waals surface area contributed by atoms with Crippen molar-refractivity contribution in [2.75, 3.05) is 19.3 Å². The second kappa shape index (κ2) is 5.23. The number of nitrogen functional groups attached to an aromatic ring is 1. The Bertz CT molecular complexity index is 646. The van der Waals surface area contributed by atoms with Crippen molar-refractivity contribution in [3.8, 4) is 0 Å². The van der Waals surface area contributed by atoms with E-state index in [1.54, 1.807) is 10.9 Å². The summed E-state index contributed by atoms with van der Waals surface area (Å²) in [6.07, 6.45) is 5.64. The van der Waals surface area contributed by atoms with Gasteiger partial charge in [-0.15, -0.1) is 0 Å². The SMILES string of the molecule is CN(Cc1nc(N)c2cnn(C)c2n1)CC1(O)CCCC1. The molecular weight excluding hydrogens is 268 g/mol. The van der Waals surface area contributed by atoms with Gasteiger partial charge in [0.1, 0.15) is 11.6 Å². The summed E-state index contributed by atoms with van der Waals surface area (Å²) < 4.78 is 1.70. The molecule has 2 aromatic heterocycles. The zero-order valence-electron chi connectivity index (χ0n) is 12.6. The average molecular weight is 290 g/mol. The number of nitrogens with zero attached hydrogens (tertiary/aromatic N) is 5. The maximum absolute atomic E-state index is 10.5. The van der Waals surface area contributed by atoms with Gasteiger partial charge in [0.05, 0.1) is 23.7 Å². The first-order chi connectivity index (χ1) is 9.97. The number of aromatic nitrogens is 4. The number of hydrogen-bond acceptors (Lipinski definition) is 6. The number of likely N-dealkylation sites (N-methyl/N-ethyl adjacent to an activating group) is 1. The van der Waals surface area contributed by atoms with Gasteiger partial charge in [0.15, 0.2) is 5.65 Å². The lowest BCUT2D eigenvalue weighted by Crippen LogP contribution is -2.39. The van der Waals surface area contributed by atoms with Crippen molar-refractivity contribution in [3.63, 3.8) is 0 Å². The minimum atomic E-state index is -0.559. The Morgan fingerprint density at radius 2 is 2.10 bits per heavy atom. The predicted molar refractivity (Wildman–Crippen MR) is 80.5 cm³/mol. The summed E-state index contributed by atoms with van der Waals surface area (Å²) in [7, 11) is 3.81. The second-order valence-corrected chi connectivity index (χ2v) is 6.13. The molecule has 2 aromatic rings. The van der Waals surface area contributed by atoms with Crippen LogP contribution in [0.4, 0.5) is 5.82 Å². The zero-order chi connectivity index (χ0) is 15.0. The fraction of sp³-hybridized carbons (Fsp3) is 0.643. The molecule has 7 heteroatoms. The van der Waals surface area contributed by atoms with Gasteiger partial charge in [0.25, 0.3) is 0 Å². The molecule has 1 aliphatic rings. The molecule has 1 fully saturated rings. The molecule has 0 unspecified atom stereocenters. The summed E-state index contributed by atoms with van der Waals surface area (Å²) in [5.41, 5.74) is 6.15. The Kier molecular flexibility index (Phi) is 3.54. The predicted octanol–water partition coefficient (Wildman–Crippen LogP) is 0.682. The summed E-state index contributed by atoms with van der Waals surface area (Å²) in [5, 5.41) is 15.4. The Morgan fingerprint density at radius 1 is 1.38 bits per heavy atom. The molecule has 7 nitrogen and oxygen atoms in total. The normalized spacial score (nSPS) is 17.9. The minimum Gasteiger partial charge on any atom is -0.389 e. The van der Waals surface area contributed by atoms with E-state index in [0.717, 1.165) is 36.7 Å². The molecule has 0 amide bonds. The standard InChI is InChI=1S/C14H22N6O/c1-19(9-14(21)5-3-4-6-14)8-11-17-12(15)10-7-16-20(2)13(10)18-11/h7,21H,3-6,8-9H2,1-2H3,(H2,15,17,18).